The number of benzene rings is 1. The first-order valence-corrected chi connectivity index (χ1v) is 10.2. The SMILES string of the molecule is COc1ccc(CCC(=O)Nc2cc(Cl)nn3c(C(=O)Nc4ccncc4F)cnc23)cc1. The van der Waals surface area contributed by atoms with E-state index in [1.54, 1.807) is 7.11 Å². The van der Waals surface area contributed by atoms with E-state index in [1.807, 2.05) is 24.3 Å². The van der Waals surface area contributed by atoms with Gasteiger partial charge in [-0.25, -0.2) is 13.9 Å². The maximum absolute atomic E-state index is 13.8. The number of carbonyl (C=O) groups excluding carboxylic acids is 2. The number of hydrogen-bond acceptors (Lipinski definition) is 6. The van der Waals surface area contributed by atoms with Gasteiger partial charge in [0.25, 0.3) is 5.91 Å². The fourth-order valence-corrected chi connectivity index (χ4v) is 3.30. The molecule has 33 heavy (non-hydrogen) atoms. The van der Waals surface area contributed by atoms with Gasteiger partial charge < -0.3 is 15.4 Å². The Morgan fingerprint density at radius 2 is 1.91 bits per heavy atom. The molecule has 0 aliphatic carbocycles. The average molecular weight is 469 g/mol. The zero-order valence-electron chi connectivity index (χ0n) is 17.4. The van der Waals surface area contributed by atoms with Gasteiger partial charge in [0.15, 0.2) is 22.3 Å². The zero-order chi connectivity index (χ0) is 23.4. The normalized spacial score (nSPS) is 10.8. The van der Waals surface area contributed by atoms with Crippen LogP contribution in [0.25, 0.3) is 5.65 Å². The molecule has 2 amide bonds. The zero-order valence-corrected chi connectivity index (χ0v) is 18.1. The molecule has 3 heterocycles. The first-order chi connectivity index (χ1) is 15.9. The van der Waals surface area contributed by atoms with E-state index in [1.165, 1.54) is 29.0 Å². The third kappa shape index (κ3) is 5.07. The number of hydrogen-bond donors (Lipinski definition) is 2. The van der Waals surface area contributed by atoms with Crippen LogP contribution in [0, 0.1) is 5.82 Å². The summed E-state index contributed by atoms with van der Waals surface area (Å²) in [5.41, 5.74) is 1.46. The van der Waals surface area contributed by atoms with E-state index in [-0.39, 0.29) is 34.5 Å². The second-order valence-corrected chi connectivity index (χ2v) is 7.35. The maximum atomic E-state index is 13.8. The molecular formula is C22H18ClFN6O3. The van der Waals surface area contributed by atoms with Crippen molar-refractivity contribution in [3.05, 3.63) is 77.2 Å². The number of halogens is 2. The van der Waals surface area contributed by atoms with Crippen LogP contribution in [0.2, 0.25) is 5.15 Å². The highest BCUT2D eigenvalue weighted by atomic mass is 35.5. The lowest BCUT2D eigenvalue weighted by Crippen LogP contribution is -2.17. The third-order valence-electron chi connectivity index (χ3n) is 4.76. The highest BCUT2D eigenvalue weighted by Crippen LogP contribution is 2.22. The van der Waals surface area contributed by atoms with Crippen LogP contribution in [0.1, 0.15) is 22.5 Å². The van der Waals surface area contributed by atoms with Crippen molar-refractivity contribution < 1.29 is 18.7 Å². The van der Waals surface area contributed by atoms with E-state index in [0.717, 1.165) is 17.5 Å². The molecule has 0 saturated heterocycles. The number of nitrogens with zero attached hydrogens (tertiary/aromatic N) is 4. The number of methoxy groups -OCH3 is 1. The Bertz CT molecular complexity index is 1330. The highest BCUT2D eigenvalue weighted by Gasteiger charge is 2.19. The van der Waals surface area contributed by atoms with Gasteiger partial charge in [-0.2, -0.15) is 5.10 Å². The minimum Gasteiger partial charge on any atom is -0.497 e. The number of amides is 2. The van der Waals surface area contributed by atoms with Crippen molar-refractivity contribution in [1.29, 1.82) is 0 Å². The Kier molecular flexibility index (Phi) is 6.45. The molecule has 2 N–H and O–H groups in total. The lowest BCUT2D eigenvalue weighted by atomic mass is 10.1. The lowest BCUT2D eigenvalue weighted by Gasteiger charge is -2.09. The van der Waals surface area contributed by atoms with Crippen LogP contribution in [0.5, 0.6) is 5.75 Å². The van der Waals surface area contributed by atoms with Gasteiger partial charge in [0, 0.05) is 18.7 Å². The molecule has 168 valence electrons. The van der Waals surface area contributed by atoms with Crippen LogP contribution in [0.3, 0.4) is 0 Å². The lowest BCUT2D eigenvalue weighted by molar-refractivity contribution is -0.116. The Morgan fingerprint density at radius 1 is 1.12 bits per heavy atom. The first kappa shape index (κ1) is 22.2. The van der Waals surface area contributed by atoms with Crippen LogP contribution in [0.4, 0.5) is 15.8 Å². The van der Waals surface area contributed by atoms with Crippen molar-refractivity contribution in [2.45, 2.75) is 12.8 Å². The number of aromatic nitrogens is 4. The smallest absolute Gasteiger partial charge is 0.276 e. The van der Waals surface area contributed by atoms with Crippen molar-refractivity contribution in [3.63, 3.8) is 0 Å². The number of ether oxygens (including phenoxy) is 1. The molecule has 1 aromatic carbocycles. The topological polar surface area (TPSA) is 111 Å². The summed E-state index contributed by atoms with van der Waals surface area (Å²) in [6, 6.07) is 10.2. The molecule has 11 heteroatoms. The van der Waals surface area contributed by atoms with Gasteiger partial charge >= 0.3 is 0 Å². The summed E-state index contributed by atoms with van der Waals surface area (Å²) in [6.07, 6.45) is 4.33. The molecule has 0 atom stereocenters. The van der Waals surface area contributed by atoms with Crippen LogP contribution in [-0.2, 0) is 11.2 Å². The molecular weight excluding hydrogens is 451 g/mol. The number of rotatable bonds is 7. The number of carbonyl (C=O) groups is 2. The largest absolute Gasteiger partial charge is 0.497 e. The monoisotopic (exact) mass is 468 g/mol. The van der Waals surface area contributed by atoms with E-state index in [0.29, 0.717) is 12.1 Å². The second-order valence-electron chi connectivity index (χ2n) is 6.97. The number of aryl methyl sites for hydroxylation is 1. The van der Waals surface area contributed by atoms with E-state index < -0.39 is 11.7 Å². The number of fused-ring (bicyclic) bond motifs is 1. The molecule has 4 rings (SSSR count). The quantitative estimate of drug-likeness (QED) is 0.427. The van der Waals surface area contributed by atoms with Crippen molar-refractivity contribution in [1.82, 2.24) is 19.6 Å². The minimum absolute atomic E-state index is 0.0115. The maximum Gasteiger partial charge on any atom is 0.276 e. The Hall–Kier alpha value is -4.05. The number of pyridine rings is 1. The van der Waals surface area contributed by atoms with Gasteiger partial charge in [0.2, 0.25) is 5.91 Å². The van der Waals surface area contributed by atoms with Gasteiger partial charge in [0.05, 0.1) is 30.9 Å². The fourth-order valence-electron chi connectivity index (χ4n) is 3.11. The van der Waals surface area contributed by atoms with Crippen molar-refractivity contribution >= 4 is 40.4 Å². The first-order valence-electron chi connectivity index (χ1n) is 9.82. The number of anilines is 2. The molecule has 0 aliphatic rings. The van der Waals surface area contributed by atoms with Crippen LogP contribution in [0.15, 0.2) is 55.0 Å². The molecule has 0 bridgehead atoms. The molecule has 3 aromatic heterocycles. The Labute approximate surface area is 192 Å². The van der Waals surface area contributed by atoms with Gasteiger partial charge in [-0.1, -0.05) is 23.7 Å². The average Bonchev–Trinajstić information content (AvgIpc) is 3.23. The summed E-state index contributed by atoms with van der Waals surface area (Å²) in [6.45, 7) is 0. The Morgan fingerprint density at radius 3 is 2.64 bits per heavy atom. The molecule has 0 unspecified atom stereocenters. The van der Waals surface area contributed by atoms with Gasteiger partial charge in [-0.05, 0) is 30.2 Å². The van der Waals surface area contributed by atoms with E-state index in [2.05, 4.69) is 25.7 Å². The van der Waals surface area contributed by atoms with Crippen LogP contribution in [-0.4, -0.2) is 38.5 Å². The third-order valence-corrected chi connectivity index (χ3v) is 4.95. The molecule has 9 nitrogen and oxygen atoms in total. The summed E-state index contributed by atoms with van der Waals surface area (Å²) in [4.78, 5) is 33.0. The summed E-state index contributed by atoms with van der Waals surface area (Å²) < 4.78 is 20.1. The van der Waals surface area contributed by atoms with Crippen molar-refractivity contribution in [2.75, 3.05) is 17.7 Å². The second kappa shape index (κ2) is 9.61. The standard InChI is InChI=1S/C22H18ClFN6O3/c1-33-14-5-2-13(3-6-14)4-7-20(31)27-17-10-19(23)29-30-18(12-26-21(17)30)22(32)28-16-8-9-25-11-15(16)24/h2-3,5-6,8-12H,4,7H2,1H3,(H,27,31)(H,25,28,32). The van der Waals surface area contributed by atoms with E-state index in [9.17, 15) is 14.0 Å². The van der Waals surface area contributed by atoms with Crippen molar-refractivity contribution in [2.24, 2.45) is 0 Å². The fraction of sp³-hybridized carbons (Fsp3) is 0.136. The minimum atomic E-state index is -0.685. The molecule has 0 radical (unpaired) electrons. The summed E-state index contributed by atoms with van der Waals surface area (Å²) in [5.74, 6) is -0.861. The number of nitrogens with one attached hydrogen (secondary N) is 2. The van der Waals surface area contributed by atoms with Crippen molar-refractivity contribution in [3.8, 4) is 5.75 Å². The van der Waals surface area contributed by atoms with Gasteiger partial charge in [-0.3, -0.25) is 14.6 Å². The van der Waals surface area contributed by atoms with Gasteiger partial charge in [-0.15, -0.1) is 0 Å². The van der Waals surface area contributed by atoms with E-state index in [4.69, 9.17) is 16.3 Å². The van der Waals surface area contributed by atoms with Crippen LogP contribution >= 0.6 is 11.6 Å². The van der Waals surface area contributed by atoms with Crippen LogP contribution < -0.4 is 15.4 Å². The Balaban J connectivity index is 1.50. The predicted octanol–water partition coefficient (Wildman–Crippen LogP) is 3.75. The molecule has 0 aliphatic heterocycles. The molecule has 0 saturated carbocycles. The molecule has 0 fully saturated rings. The number of imidazole rings is 1. The van der Waals surface area contributed by atoms with E-state index >= 15 is 0 Å². The summed E-state index contributed by atoms with van der Waals surface area (Å²) >= 11 is 6.10. The van der Waals surface area contributed by atoms with Gasteiger partial charge in [0.1, 0.15) is 5.75 Å². The summed E-state index contributed by atoms with van der Waals surface area (Å²) in [7, 11) is 1.59. The molecule has 4 aromatic rings. The predicted molar refractivity (Wildman–Crippen MR) is 120 cm³/mol. The molecule has 0 spiro atoms. The summed E-state index contributed by atoms with van der Waals surface area (Å²) in [5, 5.41) is 9.32. The highest BCUT2D eigenvalue weighted by molar-refractivity contribution is 6.29.